The molecule has 7 nitrogen and oxygen atoms in total. The van der Waals surface area contributed by atoms with E-state index in [2.05, 4.69) is 32.2 Å². The van der Waals surface area contributed by atoms with Crippen LogP contribution in [0.2, 0.25) is 0 Å². The summed E-state index contributed by atoms with van der Waals surface area (Å²) in [5.41, 5.74) is 2.63. The number of amides is 1. The number of nitrogens with zero attached hydrogens (tertiary/aromatic N) is 4. The Kier molecular flexibility index (Phi) is 9.20. The summed E-state index contributed by atoms with van der Waals surface area (Å²) in [5, 5.41) is 3.40. The fraction of sp³-hybridized carbons (Fsp3) is 0.455. The van der Waals surface area contributed by atoms with Crippen molar-refractivity contribution in [1.82, 2.24) is 14.8 Å². The molecule has 164 valence electrons. The fourth-order valence-corrected chi connectivity index (χ4v) is 3.59. The molecule has 30 heavy (non-hydrogen) atoms. The molecule has 1 saturated heterocycles. The van der Waals surface area contributed by atoms with Crippen molar-refractivity contribution in [2.75, 3.05) is 70.7 Å². The van der Waals surface area contributed by atoms with Crippen LogP contribution < -0.4 is 15.0 Å². The van der Waals surface area contributed by atoms with Crippen molar-refractivity contribution >= 4 is 29.7 Å². The van der Waals surface area contributed by atoms with Gasteiger partial charge in [0.25, 0.3) is 5.91 Å². The Labute approximate surface area is 185 Å². The number of ether oxygens (including phenoxy) is 1. The number of para-hydroxylation sites is 2. The van der Waals surface area contributed by atoms with Crippen LogP contribution in [0, 0.1) is 0 Å². The van der Waals surface area contributed by atoms with Crippen LogP contribution in [0.4, 0.5) is 11.4 Å². The Hall–Kier alpha value is -2.51. The molecule has 1 amide bonds. The van der Waals surface area contributed by atoms with Crippen molar-refractivity contribution in [3.8, 4) is 5.75 Å². The second kappa shape index (κ2) is 11.6. The standard InChI is InChI=1S/C22H31N5O2.ClH/c1-25(2)22(28)18-17-23-11-9-19(18)24-10-6-12-26-13-15-27(16-14-26)20-7-4-5-8-21(20)29-3;/h4-5,7-9,11,17H,6,10,12-16H2,1-3H3,(H,23,24);1H. The van der Waals surface area contributed by atoms with Crippen LogP contribution in [0.5, 0.6) is 5.75 Å². The number of anilines is 2. The average Bonchev–Trinajstić information content (AvgIpc) is 2.77. The fourth-order valence-electron chi connectivity index (χ4n) is 3.59. The van der Waals surface area contributed by atoms with Crippen molar-refractivity contribution in [2.24, 2.45) is 0 Å². The second-order valence-electron chi connectivity index (χ2n) is 7.40. The van der Waals surface area contributed by atoms with Gasteiger partial charge in [0, 0.05) is 59.2 Å². The van der Waals surface area contributed by atoms with Gasteiger partial charge in [0.2, 0.25) is 0 Å². The van der Waals surface area contributed by atoms with E-state index in [1.165, 1.54) is 5.69 Å². The zero-order valence-electron chi connectivity index (χ0n) is 18.0. The van der Waals surface area contributed by atoms with E-state index in [-0.39, 0.29) is 18.3 Å². The molecule has 0 saturated carbocycles. The third-order valence-electron chi connectivity index (χ3n) is 5.22. The zero-order chi connectivity index (χ0) is 20.6. The number of piperazine rings is 1. The molecule has 0 aliphatic carbocycles. The number of methoxy groups -OCH3 is 1. The lowest BCUT2D eigenvalue weighted by Crippen LogP contribution is -2.47. The summed E-state index contributed by atoms with van der Waals surface area (Å²) in [7, 11) is 5.23. The highest BCUT2D eigenvalue weighted by Crippen LogP contribution is 2.28. The topological polar surface area (TPSA) is 60.9 Å². The Morgan fingerprint density at radius 2 is 1.90 bits per heavy atom. The smallest absolute Gasteiger partial charge is 0.257 e. The van der Waals surface area contributed by atoms with E-state index >= 15 is 0 Å². The molecule has 0 unspecified atom stereocenters. The lowest BCUT2D eigenvalue weighted by Gasteiger charge is -2.36. The molecule has 1 aliphatic rings. The molecule has 0 atom stereocenters. The van der Waals surface area contributed by atoms with Gasteiger partial charge in [-0.3, -0.25) is 14.7 Å². The maximum Gasteiger partial charge on any atom is 0.257 e. The predicted molar refractivity (Wildman–Crippen MR) is 124 cm³/mol. The van der Waals surface area contributed by atoms with E-state index in [1.54, 1.807) is 38.5 Å². The normalized spacial score (nSPS) is 14.0. The maximum atomic E-state index is 12.3. The van der Waals surface area contributed by atoms with E-state index in [0.29, 0.717) is 5.56 Å². The molecule has 0 bridgehead atoms. The summed E-state index contributed by atoms with van der Waals surface area (Å²) in [4.78, 5) is 22.8. The Morgan fingerprint density at radius 1 is 1.17 bits per heavy atom. The summed E-state index contributed by atoms with van der Waals surface area (Å²) < 4.78 is 5.49. The summed E-state index contributed by atoms with van der Waals surface area (Å²) in [6.07, 6.45) is 4.36. The number of halogens is 1. The molecule has 1 aromatic carbocycles. The third-order valence-corrected chi connectivity index (χ3v) is 5.22. The number of aromatic nitrogens is 1. The number of rotatable bonds is 8. The first-order valence-electron chi connectivity index (χ1n) is 10.1. The highest BCUT2D eigenvalue weighted by molar-refractivity contribution is 5.98. The van der Waals surface area contributed by atoms with Crippen LogP contribution in [-0.4, -0.2) is 81.2 Å². The largest absolute Gasteiger partial charge is 0.495 e. The first-order valence-corrected chi connectivity index (χ1v) is 10.1. The zero-order valence-corrected chi connectivity index (χ0v) is 18.8. The molecule has 1 aromatic heterocycles. The van der Waals surface area contributed by atoms with Crippen LogP contribution in [0.15, 0.2) is 42.7 Å². The van der Waals surface area contributed by atoms with Gasteiger partial charge in [0.05, 0.1) is 24.0 Å². The van der Waals surface area contributed by atoms with Gasteiger partial charge in [-0.25, -0.2) is 0 Å². The first kappa shape index (κ1) is 23.8. The van der Waals surface area contributed by atoms with Crippen LogP contribution in [-0.2, 0) is 0 Å². The van der Waals surface area contributed by atoms with E-state index in [1.807, 2.05) is 18.2 Å². The van der Waals surface area contributed by atoms with Crippen LogP contribution in [0.1, 0.15) is 16.8 Å². The third kappa shape index (κ3) is 6.00. The monoisotopic (exact) mass is 433 g/mol. The highest BCUT2D eigenvalue weighted by atomic mass is 35.5. The molecule has 3 rings (SSSR count). The Morgan fingerprint density at radius 3 is 2.60 bits per heavy atom. The molecule has 1 fully saturated rings. The Balaban J connectivity index is 0.00000320. The predicted octanol–water partition coefficient (Wildman–Crippen LogP) is 2.84. The van der Waals surface area contributed by atoms with Crippen LogP contribution in [0.25, 0.3) is 0 Å². The van der Waals surface area contributed by atoms with Gasteiger partial charge in [0.15, 0.2) is 0 Å². The molecule has 8 heteroatoms. The number of carbonyl (C=O) groups is 1. The minimum Gasteiger partial charge on any atom is -0.495 e. The minimum absolute atomic E-state index is 0. The quantitative estimate of drug-likeness (QED) is 0.646. The summed E-state index contributed by atoms with van der Waals surface area (Å²) in [6, 6.07) is 10.1. The molecular weight excluding hydrogens is 402 g/mol. The molecule has 0 spiro atoms. The number of hydrogen-bond acceptors (Lipinski definition) is 6. The highest BCUT2D eigenvalue weighted by Gasteiger charge is 2.19. The molecule has 1 aliphatic heterocycles. The van der Waals surface area contributed by atoms with E-state index in [9.17, 15) is 4.79 Å². The van der Waals surface area contributed by atoms with Crippen LogP contribution in [0.3, 0.4) is 0 Å². The lowest BCUT2D eigenvalue weighted by molar-refractivity contribution is 0.0828. The molecule has 1 N–H and O–H groups in total. The van der Waals surface area contributed by atoms with E-state index in [4.69, 9.17) is 4.74 Å². The lowest BCUT2D eigenvalue weighted by atomic mass is 10.2. The van der Waals surface area contributed by atoms with E-state index < -0.39 is 0 Å². The number of carbonyl (C=O) groups excluding carboxylic acids is 1. The average molecular weight is 434 g/mol. The second-order valence-corrected chi connectivity index (χ2v) is 7.40. The number of hydrogen-bond donors (Lipinski definition) is 1. The molecule has 2 aromatic rings. The van der Waals surface area contributed by atoms with Crippen molar-refractivity contribution in [1.29, 1.82) is 0 Å². The Bertz CT molecular complexity index is 810. The maximum absolute atomic E-state index is 12.3. The summed E-state index contributed by atoms with van der Waals surface area (Å²) >= 11 is 0. The summed E-state index contributed by atoms with van der Waals surface area (Å²) in [5.74, 6) is 0.902. The molecular formula is C22H32ClN5O2. The van der Waals surface area contributed by atoms with Gasteiger partial charge in [-0.1, -0.05) is 12.1 Å². The minimum atomic E-state index is -0.0342. The molecule has 2 heterocycles. The van der Waals surface area contributed by atoms with Gasteiger partial charge in [-0.2, -0.15) is 0 Å². The van der Waals surface area contributed by atoms with Gasteiger partial charge in [0.1, 0.15) is 5.75 Å². The number of nitrogens with one attached hydrogen (secondary N) is 1. The van der Waals surface area contributed by atoms with Crippen molar-refractivity contribution in [3.63, 3.8) is 0 Å². The van der Waals surface area contributed by atoms with Gasteiger partial charge in [-0.15, -0.1) is 12.4 Å². The SMILES string of the molecule is COc1ccccc1N1CCN(CCCNc2ccncc2C(=O)N(C)C)CC1.Cl. The van der Waals surface area contributed by atoms with Gasteiger partial charge in [-0.05, 0) is 31.2 Å². The molecule has 0 radical (unpaired) electrons. The van der Waals surface area contributed by atoms with Gasteiger partial charge >= 0.3 is 0 Å². The van der Waals surface area contributed by atoms with Crippen molar-refractivity contribution < 1.29 is 9.53 Å². The van der Waals surface area contributed by atoms with E-state index in [0.717, 1.165) is 57.1 Å². The first-order chi connectivity index (χ1) is 14.1. The number of pyridine rings is 1. The summed E-state index contributed by atoms with van der Waals surface area (Å²) in [6.45, 7) is 5.94. The van der Waals surface area contributed by atoms with Crippen molar-refractivity contribution in [3.05, 3.63) is 48.3 Å². The van der Waals surface area contributed by atoms with Crippen molar-refractivity contribution in [2.45, 2.75) is 6.42 Å². The van der Waals surface area contributed by atoms with Crippen LogP contribution >= 0.6 is 12.4 Å². The van der Waals surface area contributed by atoms with Gasteiger partial charge < -0.3 is 19.9 Å². The number of benzene rings is 1.